The van der Waals surface area contributed by atoms with Gasteiger partial charge in [0, 0.05) is 6.92 Å². The number of carbonyl (C=O) groups excluding carboxylic acids is 1. The molecule has 0 aromatic heterocycles. The van der Waals surface area contributed by atoms with Crippen molar-refractivity contribution in [3.05, 3.63) is 0 Å². The standard InChI is InChI=1S/C13H23NO6/c1-5-13(6-15)10-9(18-12(3,4)19-10)8(11(17)20-13)14-7(2)16/h8-11,15,17H,5-6H2,1-4H3,(H,14,16)/t8-,9-,10-,11?,13-/m1/s1. The van der Waals surface area contributed by atoms with Crippen LogP contribution in [0.5, 0.6) is 0 Å². The van der Waals surface area contributed by atoms with Crippen LogP contribution in [0, 0.1) is 0 Å². The van der Waals surface area contributed by atoms with Crippen LogP contribution in [0.1, 0.15) is 34.1 Å². The molecule has 1 amide bonds. The van der Waals surface area contributed by atoms with Gasteiger partial charge in [-0.15, -0.1) is 0 Å². The van der Waals surface area contributed by atoms with Gasteiger partial charge in [-0.05, 0) is 20.3 Å². The molecule has 2 saturated heterocycles. The smallest absolute Gasteiger partial charge is 0.217 e. The zero-order valence-electron chi connectivity index (χ0n) is 12.3. The Bertz CT molecular complexity index is 381. The molecule has 0 saturated carbocycles. The predicted molar refractivity (Wildman–Crippen MR) is 68.6 cm³/mol. The van der Waals surface area contributed by atoms with Gasteiger partial charge in [0.2, 0.25) is 5.91 Å². The van der Waals surface area contributed by atoms with Crippen molar-refractivity contribution < 1.29 is 29.2 Å². The first-order chi connectivity index (χ1) is 9.24. The van der Waals surface area contributed by atoms with Gasteiger partial charge in [0.05, 0.1) is 6.61 Å². The van der Waals surface area contributed by atoms with E-state index in [4.69, 9.17) is 14.2 Å². The number of aliphatic hydroxyl groups is 2. The van der Waals surface area contributed by atoms with Crippen LogP contribution < -0.4 is 5.32 Å². The van der Waals surface area contributed by atoms with Crippen LogP contribution in [0.25, 0.3) is 0 Å². The predicted octanol–water partition coefficient (Wildman–Crippen LogP) is -0.499. The van der Waals surface area contributed by atoms with Gasteiger partial charge in [0.1, 0.15) is 23.9 Å². The van der Waals surface area contributed by atoms with E-state index in [1.807, 2.05) is 6.92 Å². The highest BCUT2D eigenvalue weighted by atomic mass is 16.8. The molecule has 2 aliphatic rings. The summed E-state index contributed by atoms with van der Waals surface area (Å²) in [4.78, 5) is 11.3. The van der Waals surface area contributed by atoms with Gasteiger partial charge in [0.25, 0.3) is 0 Å². The number of nitrogens with one attached hydrogen (secondary N) is 1. The molecule has 0 spiro atoms. The lowest BCUT2D eigenvalue weighted by atomic mass is 9.84. The van der Waals surface area contributed by atoms with Crippen LogP contribution in [0.15, 0.2) is 0 Å². The van der Waals surface area contributed by atoms with Crippen LogP contribution in [0.4, 0.5) is 0 Å². The van der Waals surface area contributed by atoms with E-state index < -0.39 is 35.9 Å². The number of rotatable bonds is 3. The first kappa shape index (κ1) is 15.7. The lowest BCUT2D eigenvalue weighted by molar-refractivity contribution is -0.282. The molecule has 0 aromatic rings. The third-order valence-corrected chi connectivity index (χ3v) is 3.90. The summed E-state index contributed by atoms with van der Waals surface area (Å²) in [6, 6.07) is -0.731. The summed E-state index contributed by atoms with van der Waals surface area (Å²) < 4.78 is 17.2. The number of ether oxygens (including phenoxy) is 3. The molecule has 3 N–H and O–H groups in total. The lowest BCUT2D eigenvalue weighted by Gasteiger charge is -2.47. The summed E-state index contributed by atoms with van der Waals surface area (Å²) in [7, 11) is 0. The molecule has 2 heterocycles. The summed E-state index contributed by atoms with van der Waals surface area (Å²) in [5.74, 6) is -1.16. The summed E-state index contributed by atoms with van der Waals surface area (Å²) in [5.41, 5.74) is -1.03. The maximum Gasteiger partial charge on any atom is 0.217 e. The van der Waals surface area contributed by atoms with E-state index in [1.165, 1.54) is 6.92 Å². The molecule has 1 unspecified atom stereocenters. The summed E-state index contributed by atoms with van der Waals surface area (Å²) >= 11 is 0. The second-order valence-electron chi connectivity index (χ2n) is 5.83. The fraction of sp³-hybridized carbons (Fsp3) is 0.923. The Morgan fingerprint density at radius 3 is 2.45 bits per heavy atom. The highest BCUT2D eigenvalue weighted by Crippen LogP contribution is 2.43. The molecule has 0 radical (unpaired) electrons. The number of hydrogen-bond donors (Lipinski definition) is 3. The molecule has 2 fully saturated rings. The molecule has 0 aliphatic carbocycles. The Balaban J connectivity index is 2.33. The fourth-order valence-electron chi connectivity index (χ4n) is 2.91. The molecule has 116 valence electrons. The van der Waals surface area contributed by atoms with Gasteiger partial charge in [-0.3, -0.25) is 4.79 Å². The normalized spacial score (nSPS) is 43.1. The quantitative estimate of drug-likeness (QED) is 0.648. The molecule has 2 rings (SSSR count). The van der Waals surface area contributed by atoms with Crippen molar-refractivity contribution in [2.45, 2.75) is 70.0 Å². The van der Waals surface area contributed by atoms with E-state index >= 15 is 0 Å². The van der Waals surface area contributed by atoms with Crippen LogP contribution >= 0.6 is 0 Å². The van der Waals surface area contributed by atoms with E-state index in [-0.39, 0.29) is 12.5 Å². The number of carbonyl (C=O) groups is 1. The van der Waals surface area contributed by atoms with E-state index in [2.05, 4.69) is 5.32 Å². The van der Waals surface area contributed by atoms with Crippen molar-refractivity contribution in [1.82, 2.24) is 5.32 Å². The van der Waals surface area contributed by atoms with Gasteiger partial charge >= 0.3 is 0 Å². The molecule has 2 aliphatic heterocycles. The van der Waals surface area contributed by atoms with Crippen LogP contribution in [0.2, 0.25) is 0 Å². The Morgan fingerprint density at radius 2 is 1.95 bits per heavy atom. The summed E-state index contributed by atoms with van der Waals surface area (Å²) in [6.07, 6.45) is -1.95. The third kappa shape index (κ3) is 2.56. The van der Waals surface area contributed by atoms with E-state index in [9.17, 15) is 15.0 Å². The molecule has 7 nitrogen and oxygen atoms in total. The largest absolute Gasteiger partial charge is 0.393 e. The van der Waals surface area contributed by atoms with Crippen molar-refractivity contribution >= 4 is 5.91 Å². The fourth-order valence-corrected chi connectivity index (χ4v) is 2.91. The van der Waals surface area contributed by atoms with Crippen molar-refractivity contribution in [3.63, 3.8) is 0 Å². The SMILES string of the molecule is CC[C@]1(CO)OC(O)[C@H](NC(C)=O)[C@H]2OC(C)(C)O[C@H]21. The van der Waals surface area contributed by atoms with Gasteiger partial charge in [-0.1, -0.05) is 6.92 Å². The first-order valence-electron chi connectivity index (χ1n) is 6.84. The molecule has 0 bridgehead atoms. The average molecular weight is 289 g/mol. The lowest BCUT2D eigenvalue weighted by Crippen LogP contribution is -2.68. The maximum absolute atomic E-state index is 11.3. The highest BCUT2D eigenvalue weighted by molar-refractivity contribution is 5.73. The third-order valence-electron chi connectivity index (χ3n) is 3.90. The second-order valence-corrected chi connectivity index (χ2v) is 5.83. The van der Waals surface area contributed by atoms with Crippen LogP contribution in [-0.4, -0.2) is 58.7 Å². The second kappa shape index (κ2) is 5.23. The zero-order valence-corrected chi connectivity index (χ0v) is 12.3. The van der Waals surface area contributed by atoms with Crippen LogP contribution in [-0.2, 0) is 19.0 Å². The van der Waals surface area contributed by atoms with E-state index in [0.717, 1.165) is 0 Å². The number of amides is 1. The summed E-state index contributed by atoms with van der Waals surface area (Å²) in [5, 5.41) is 22.5. The summed E-state index contributed by atoms with van der Waals surface area (Å²) in [6.45, 7) is 6.40. The highest BCUT2D eigenvalue weighted by Gasteiger charge is 2.61. The van der Waals surface area contributed by atoms with Crippen molar-refractivity contribution in [2.24, 2.45) is 0 Å². The molecule has 20 heavy (non-hydrogen) atoms. The van der Waals surface area contributed by atoms with Crippen molar-refractivity contribution in [3.8, 4) is 0 Å². The topological polar surface area (TPSA) is 97.2 Å². The molecule has 0 aromatic carbocycles. The number of aliphatic hydroxyl groups excluding tert-OH is 2. The number of fused-ring (bicyclic) bond motifs is 1. The first-order valence-corrected chi connectivity index (χ1v) is 6.84. The Hall–Kier alpha value is -0.730. The van der Waals surface area contributed by atoms with E-state index in [1.54, 1.807) is 13.8 Å². The van der Waals surface area contributed by atoms with E-state index in [0.29, 0.717) is 6.42 Å². The minimum absolute atomic E-state index is 0.294. The zero-order chi connectivity index (χ0) is 15.1. The van der Waals surface area contributed by atoms with Gasteiger partial charge < -0.3 is 29.7 Å². The van der Waals surface area contributed by atoms with Crippen molar-refractivity contribution in [1.29, 1.82) is 0 Å². The minimum Gasteiger partial charge on any atom is -0.393 e. The monoisotopic (exact) mass is 289 g/mol. The Morgan fingerprint density at radius 1 is 1.30 bits per heavy atom. The van der Waals surface area contributed by atoms with Gasteiger partial charge in [-0.2, -0.15) is 0 Å². The average Bonchev–Trinajstić information content (AvgIpc) is 2.68. The Labute approximate surface area is 118 Å². The van der Waals surface area contributed by atoms with Crippen LogP contribution in [0.3, 0.4) is 0 Å². The molecular formula is C13H23NO6. The van der Waals surface area contributed by atoms with Gasteiger partial charge in [-0.25, -0.2) is 0 Å². The molecule has 5 atom stereocenters. The molecular weight excluding hydrogens is 266 g/mol. The minimum atomic E-state index is -1.26. The van der Waals surface area contributed by atoms with Crippen molar-refractivity contribution in [2.75, 3.05) is 6.61 Å². The Kier molecular flexibility index (Phi) is 4.10. The molecule has 7 heteroatoms. The number of hydrogen-bond acceptors (Lipinski definition) is 6. The maximum atomic E-state index is 11.3. The van der Waals surface area contributed by atoms with Gasteiger partial charge in [0.15, 0.2) is 12.1 Å².